The Labute approximate surface area is 210 Å². The Morgan fingerprint density at radius 1 is 1.06 bits per heavy atom. The summed E-state index contributed by atoms with van der Waals surface area (Å²) < 4.78 is 7.41. The maximum atomic E-state index is 12.4. The predicted molar refractivity (Wildman–Crippen MR) is 137 cm³/mol. The largest absolute Gasteiger partial charge is 0.444 e. The van der Waals surface area contributed by atoms with Gasteiger partial charge < -0.3 is 15.0 Å². The zero-order valence-electron chi connectivity index (χ0n) is 21.0. The quantitative estimate of drug-likeness (QED) is 0.545. The molecule has 0 aromatic carbocycles. The van der Waals surface area contributed by atoms with Crippen LogP contribution in [0.5, 0.6) is 0 Å². The molecule has 4 heterocycles. The van der Waals surface area contributed by atoms with Crippen LogP contribution in [0.2, 0.25) is 0 Å². The van der Waals surface area contributed by atoms with E-state index >= 15 is 0 Å². The van der Waals surface area contributed by atoms with E-state index in [0.29, 0.717) is 24.4 Å². The van der Waals surface area contributed by atoms with Crippen LogP contribution >= 0.6 is 0 Å². The highest BCUT2D eigenvalue weighted by molar-refractivity contribution is 5.90. The first-order valence-electron chi connectivity index (χ1n) is 12.6. The van der Waals surface area contributed by atoms with E-state index in [1.54, 1.807) is 23.4 Å². The molecular weight excluding hydrogens is 458 g/mol. The first kappa shape index (κ1) is 24.0. The van der Waals surface area contributed by atoms with Gasteiger partial charge in [-0.3, -0.25) is 15.0 Å². The third-order valence-electron chi connectivity index (χ3n) is 6.59. The van der Waals surface area contributed by atoms with Crippen molar-refractivity contribution in [1.82, 2.24) is 30.0 Å². The van der Waals surface area contributed by atoms with Gasteiger partial charge in [0.05, 0.1) is 23.3 Å². The molecule has 1 unspecified atom stereocenters. The fourth-order valence-corrected chi connectivity index (χ4v) is 4.78. The molecule has 10 heteroatoms. The van der Waals surface area contributed by atoms with E-state index in [1.807, 2.05) is 43.8 Å². The molecule has 3 amide bonds. The minimum Gasteiger partial charge on any atom is -0.444 e. The van der Waals surface area contributed by atoms with Crippen molar-refractivity contribution in [3.63, 3.8) is 0 Å². The lowest BCUT2D eigenvalue weighted by molar-refractivity contribution is 0.0288. The number of pyridine rings is 2. The molecule has 3 aromatic rings. The molecule has 1 saturated heterocycles. The number of carbonyl (C=O) groups excluding carboxylic acids is 2. The van der Waals surface area contributed by atoms with Gasteiger partial charge in [0, 0.05) is 42.7 Å². The van der Waals surface area contributed by atoms with Crippen LogP contribution in [0.3, 0.4) is 0 Å². The first-order chi connectivity index (χ1) is 17.2. The molecule has 1 aliphatic heterocycles. The molecular formula is C26H33N7O3. The lowest BCUT2D eigenvalue weighted by Gasteiger charge is -2.24. The summed E-state index contributed by atoms with van der Waals surface area (Å²) in [7, 11) is 0. The van der Waals surface area contributed by atoms with Crippen molar-refractivity contribution in [2.24, 2.45) is 0 Å². The zero-order chi connectivity index (χ0) is 25.3. The summed E-state index contributed by atoms with van der Waals surface area (Å²) in [5, 5.41) is 10.4. The number of urea groups is 1. The Morgan fingerprint density at radius 3 is 2.64 bits per heavy atom. The Balaban J connectivity index is 1.26. The summed E-state index contributed by atoms with van der Waals surface area (Å²) in [4.78, 5) is 35.6. The Bertz CT molecular complexity index is 1260. The van der Waals surface area contributed by atoms with Gasteiger partial charge >= 0.3 is 12.1 Å². The van der Waals surface area contributed by atoms with Gasteiger partial charge in [-0.25, -0.2) is 14.6 Å². The number of likely N-dealkylation sites (tertiary alicyclic amines) is 1. The molecule has 190 valence electrons. The van der Waals surface area contributed by atoms with Gasteiger partial charge in [0.25, 0.3) is 0 Å². The van der Waals surface area contributed by atoms with E-state index in [-0.39, 0.29) is 24.2 Å². The maximum Gasteiger partial charge on any atom is 0.410 e. The van der Waals surface area contributed by atoms with Gasteiger partial charge in [0.1, 0.15) is 11.4 Å². The maximum absolute atomic E-state index is 12.4. The minimum atomic E-state index is -0.514. The number of anilines is 1. The Kier molecular flexibility index (Phi) is 6.51. The first-order valence-corrected chi connectivity index (χ1v) is 12.6. The van der Waals surface area contributed by atoms with Crippen molar-refractivity contribution in [2.75, 3.05) is 18.4 Å². The van der Waals surface area contributed by atoms with E-state index in [2.05, 4.69) is 25.7 Å². The average molecular weight is 492 g/mol. The highest BCUT2D eigenvalue weighted by atomic mass is 16.6. The molecule has 5 rings (SSSR count). The normalized spacial score (nSPS) is 18.5. The lowest BCUT2D eigenvalue weighted by atomic mass is 10.1. The zero-order valence-corrected chi connectivity index (χ0v) is 21.0. The minimum absolute atomic E-state index is 0.0898. The van der Waals surface area contributed by atoms with Crippen LogP contribution in [0.25, 0.3) is 22.2 Å². The number of amides is 3. The highest BCUT2D eigenvalue weighted by Gasteiger charge is 2.31. The molecule has 0 spiro atoms. The number of nitrogens with one attached hydrogen (secondary N) is 2. The molecule has 2 N–H and O–H groups in total. The van der Waals surface area contributed by atoms with E-state index in [9.17, 15) is 9.59 Å². The Hall–Kier alpha value is -3.69. The van der Waals surface area contributed by atoms with Crippen LogP contribution < -0.4 is 10.6 Å². The summed E-state index contributed by atoms with van der Waals surface area (Å²) in [6.45, 7) is 6.81. The van der Waals surface area contributed by atoms with Gasteiger partial charge in [-0.2, -0.15) is 5.10 Å². The predicted octanol–water partition coefficient (Wildman–Crippen LogP) is 4.74. The van der Waals surface area contributed by atoms with E-state index in [0.717, 1.165) is 48.7 Å². The molecule has 0 bridgehead atoms. The summed E-state index contributed by atoms with van der Waals surface area (Å²) in [5.41, 5.74) is 2.72. The van der Waals surface area contributed by atoms with Crippen molar-refractivity contribution >= 4 is 29.0 Å². The second-order valence-corrected chi connectivity index (χ2v) is 10.6. The summed E-state index contributed by atoms with van der Waals surface area (Å²) >= 11 is 0. The third-order valence-corrected chi connectivity index (χ3v) is 6.59. The van der Waals surface area contributed by atoms with Gasteiger partial charge in [0.2, 0.25) is 0 Å². The van der Waals surface area contributed by atoms with Crippen molar-refractivity contribution in [3.8, 4) is 11.1 Å². The number of hydrogen-bond donors (Lipinski definition) is 2. The summed E-state index contributed by atoms with van der Waals surface area (Å²) in [6, 6.07) is 5.67. The standard InChI is InChI=1S/C26H33N7O3/c1-26(2,3)36-25(35)32-11-10-20(16-32)33-15-18(14-28-33)17-12-22-21(27-13-17)8-9-23(30-22)31-24(34)29-19-6-4-5-7-19/h8-9,12-15,19-20H,4-7,10-11,16H2,1-3H3,(H2,29,30,31,34). The van der Waals surface area contributed by atoms with Gasteiger partial charge in [0.15, 0.2) is 0 Å². The van der Waals surface area contributed by atoms with Crippen molar-refractivity contribution in [2.45, 2.75) is 70.6 Å². The third kappa shape index (κ3) is 5.58. The van der Waals surface area contributed by atoms with Crippen LogP contribution in [-0.4, -0.2) is 61.5 Å². The highest BCUT2D eigenvalue weighted by Crippen LogP contribution is 2.27. The fourth-order valence-electron chi connectivity index (χ4n) is 4.78. The van der Waals surface area contributed by atoms with Crippen LogP contribution in [0.1, 0.15) is 58.9 Å². The van der Waals surface area contributed by atoms with Gasteiger partial charge in [-0.05, 0) is 58.2 Å². The van der Waals surface area contributed by atoms with E-state index < -0.39 is 5.60 Å². The molecule has 2 aliphatic rings. The van der Waals surface area contributed by atoms with Crippen LogP contribution in [0, 0.1) is 0 Å². The number of nitrogens with zero attached hydrogens (tertiary/aromatic N) is 5. The number of aromatic nitrogens is 4. The van der Waals surface area contributed by atoms with Gasteiger partial charge in [-0.15, -0.1) is 0 Å². The van der Waals surface area contributed by atoms with Gasteiger partial charge in [-0.1, -0.05) is 12.8 Å². The molecule has 36 heavy (non-hydrogen) atoms. The number of hydrogen-bond acceptors (Lipinski definition) is 6. The number of carbonyl (C=O) groups is 2. The van der Waals surface area contributed by atoms with E-state index in [1.165, 1.54) is 0 Å². The molecule has 1 aliphatic carbocycles. The second-order valence-electron chi connectivity index (χ2n) is 10.6. The van der Waals surface area contributed by atoms with E-state index in [4.69, 9.17) is 4.74 Å². The van der Waals surface area contributed by atoms with Crippen molar-refractivity contribution in [1.29, 1.82) is 0 Å². The molecule has 2 fully saturated rings. The van der Waals surface area contributed by atoms with Crippen molar-refractivity contribution in [3.05, 3.63) is 36.8 Å². The lowest BCUT2D eigenvalue weighted by Crippen LogP contribution is -2.36. The molecule has 10 nitrogen and oxygen atoms in total. The number of rotatable bonds is 4. The molecule has 1 saturated carbocycles. The monoisotopic (exact) mass is 491 g/mol. The Morgan fingerprint density at radius 2 is 1.86 bits per heavy atom. The average Bonchev–Trinajstić information content (AvgIpc) is 3.58. The summed E-state index contributed by atoms with van der Waals surface area (Å²) in [5.74, 6) is 0.487. The number of fused-ring (bicyclic) bond motifs is 1. The SMILES string of the molecule is CC(C)(C)OC(=O)N1CCC(n2cc(-c3cnc4ccc(NC(=O)NC5CCCC5)nc4c3)cn2)C1. The topological polar surface area (TPSA) is 114 Å². The number of ether oxygens (including phenoxy) is 1. The van der Waals surface area contributed by atoms with Crippen molar-refractivity contribution < 1.29 is 14.3 Å². The van der Waals surface area contributed by atoms with Crippen LogP contribution in [0.4, 0.5) is 15.4 Å². The summed E-state index contributed by atoms with van der Waals surface area (Å²) in [6.07, 6.45) is 10.5. The van der Waals surface area contributed by atoms with Crippen LogP contribution in [-0.2, 0) is 4.74 Å². The fraction of sp³-hybridized carbons (Fsp3) is 0.500. The molecule has 0 radical (unpaired) electrons. The van der Waals surface area contributed by atoms with Crippen LogP contribution in [0.15, 0.2) is 36.8 Å². The second kappa shape index (κ2) is 9.75. The molecule has 3 aromatic heterocycles. The molecule has 1 atom stereocenters. The smallest absolute Gasteiger partial charge is 0.410 e.